The lowest BCUT2D eigenvalue weighted by Gasteiger charge is -2.00. The van der Waals surface area contributed by atoms with Gasteiger partial charge in [-0.3, -0.25) is 0 Å². The normalized spacial score (nSPS) is 9.73. The second kappa shape index (κ2) is 3.67. The third-order valence-electron chi connectivity index (χ3n) is 1.24. The van der Waals surface area contributed by atoms with E-state index in [1.54, 1.807) is 13.2 Å². The van der Waals surface area contributed by atoms with Gasteiger partial charge in [-0.1, -0.05) is 6.92 Å². The summed E-state index contributed by atoms with van der Waals surface area (Å²) in [4.78, 5) is 8.23. The van der Waals surface area contributed by atoms with Gasteiger partial charge >= 0.3 is 0 Å². The van der Waals surface area contributed by atoms with Crippen molar-refractivity contribution in [3.05, 3.63) is 16.5 Å². The van der Waals surface area contributed by atoms with Crippen LogP contribution in [0.15, 0.2) is 10.7 Å². The summed E-state index contributed by atoms with van der Waals surface area (Å²) >= 11 is 3.26. The van der Waals surface area contributed by atoms with Crippen molar-refractivity contribution in [1.82, 2.24) is 9.97 Å². The maximum Gasteiger partial charge on any atom is 0.217 e. The van der Waals surface area contributed by atoms with Gasteiger partial charge in [0.2, 0.25) is 5.88 Å². The SMILES string of the molecule is CCc1nc(Br)cc(OC)n1. The van der Waals surface area contributed by atoms with Crippen molar-refractivity contribution >= 4 is 15.9 Å². The van der Waals surface area contributed by atoms with Crippen LogP contribution >= 0.6 is 15.9 Å². The van der Waals surface area contributed by atoms with Crippen LogP contribution in [0.1, 0.15) is 12.7 Å². The highest BCUT2D eigenvalue weighted by Crippen LogP contribution is 2.13. The molecule has 3 nitrogen and oxygen atoms in total. The molecule has 0 atom stereocenters. The second-order valence-electron chi connectivity index (χ2n) is 2.00. The molecule has 1 heterocycles. The molecule has 1 rings (SSSR count). The Morgan fingerprint density at radius 3 is 2.82 bits per heavy atom. The maximum absolute atomic E-state index is 4.96. The molecular weight excluding hydrogens is 208 g/mol. The highest BCUT2D eigenvalue weighted by molar-refractivity contribution is 9.10. The number of nitrogens with zero attached hydrogens (tertiary/aromatic N) is 2. The van der Waals surface area contributed by atoms with Crippen molar-refractivity contribution < 1.29 is 4.74 Å². The van der Waals surface area contributed by atoms with E-state index in [1.165, 1.54) is 0 Å². The standard InChI is InChI=1S/C7H9BrN2O/c1-3-6-9-5(8)4-7(10-6)11-2/h4H,3H2,1-2H3. The third kappa shape index (κ3) is 2.15. The number of aryl methyl sites for hydroxylation is 1. The lowest BCUT2D eigenvalue weighted by Crippen LogP contribution is -1.96. The average molecular weight is 217 g/mol. The zero-order valence-electron chi connectivity index (χ0n) is 6.47. The Bertz CT molecular complexity index is 230. The Balaban J connectivity index is 3.02. The maximum atomic E-state index is 4.96. The Morgan fingerprint density at radius 2 is 2.27 bits per heavy atom. The third-order valence-corrected chi connectivity index (χ3v) is 1.65. The minimum Gasteiger partial charge on any atom is -0.481 e. The fourth-order valence-corrected chi connectivity index (χ4v) is 1.11. The van der Waals surface area contributed by atoms with E-state index in [1.807, 2.05) is 6.92 Å². The smallest absolute Gasteiger partial charge is 0.217 e. The van der Waals surface area contributed by atoms with E-state index in [-0.39, 0.29) is 0 Å². The Hall–Kier alpha value is -0.640. The van der Waals surface area contributed by atoms with Crippen molar-refractivity contribution in [1.29, 1.82) is 0 Å². The van der Waals surface area contributed by atoms with Crippen LogP contribution in [0.5, 0.6) is 5.88 Å². The van der Waals surface area contributed by atoms with Gasteiger partial charge in [-0.05, 0) is 15.9 Å². The number of hydrogen-bond donors (Lipinski definition) is 0. The summed E-state index contributed by atoms with van der Waals surface area (Å²) in [5.41, 5.74) is 0. The minimum absolute atomic E-state index is 0.601. The number of hydrogen-bond acceptors (Lipinski definition) is 3. The van der Waals surface area contributed by atoms with Crippen LogP contribution in [0.4, 0.5) is 0 Å². The predicted molar refractivity (Wildman–Crippen MR) is 45.7 cm³/mol. The van der Waals surface area contributed by atoms with Crippen molar-refractivity contribution in [2.24, 2.45) is 0 Å². The summed E-state index contributed by atoms with van der Waals surface area (Å²) in [6, 6.07) is 1.74. The number of rotatable bonds is 2. The first kappa shape index (κ1) is 8.46. The van der Waals surface area contributed by atoms with Crippen LogP contribution in [-0.2, 0) is 6.42 Å². The topological polar surface area (TPSA) is 35.0 Å². The molecule has 0 aliphatic rings. The Kier molecular flexibility index (Phi) is 2.82. The Morgan fingerprint density at radius 1 is 1.55 bits per heavy atom. The van der Waals surface area contributed by atoms with Crippen molar-refractivity contribution in [2.45, 2.75) is 13.3 Å². The van der Waals surface area contributed by atoms with E-state index in [9.17, 15) is 0 Å². The first-order valence-electron chi connectivity index (χ1n) is 3.33. The van der Waals surface area contributed by atoms with Crippen molar-refractivity contribution in [3.8, 4) is 5.88 Å². The van der Waals surface area contributed by atoms with Crippen molar-refractivity contribution in [3.63, 3.8) is 0 Å². The number of halogens is 1. The van der Waals surface area contributed by atoms with Crippen LogP contribution < -0.4 is 4.74 Å². The highest BCUT2D eigenvalue weighted by Gasteiger charge is 1.99. The van der Waals surface area contributed by atoms with Gasteiger partial charge < -0.3 is 4.74 Å². The largest absolute Gasteiger partial charge is 0.481 e. The zero-order chi connectivity index (χ0) is 8.27. The number of methoxy groups -OCH3 is 1. The molecule has 0 radical (unpaired) electrons. The molecule has 0 spiro atoms. The molecule has 60 valence electrons. The van der Waals surface area contributed by atoms with E-state index in [4.69, 9.17) is 4.74 Å². The molecule has 1 aromatic rings. The summed E-state index contributed by atoms with van der Waals surface area (Å²) in [7, 11) is 1.59. The summed E-state index contributed by atoms with van der Waals surface area (Å²) < 4.78 is 5.72. The highest BCUT2D eigenvalue weighted by atomic mass is 79.9. The number of aromatic nitrogens is 2. The molecule has 0 bridgehead atoms. The molecule has 11 heavy (non-hydrogen) atoms. The molecule has 0 aliphatic carbocycles. The first-order chi connectivity index (χ1) is 5.26. The minimum atomic E-state index is 0.601. The van der Waals surface area contributed by atoms with Crippen LogP contribution in [0.3, 0.4) is 0 Å². The quantitative estimate of drug-likeness (QED) is 0.708. The van der Waals surface area contributed by atoms with Crippen molar-refractivity contribution in [2.75, 3.05) is 7.11 Å². The van der Waals surface area contributed by atoms with Gasteiger partial charge in [0.25, 0.3) is 0 Å². The summed E-state index contributed by atoms with van der Waals surface area (Å²) in [5.74, 6) is 1.39. The molecule has 0 saturated carbocycles. The lowest BCUT2D eigenvalue weighted by atomic mass is 10.4. The van der Waals surface area contributed by atoms with Crippen LogP contribution in [0.25, 0.3) is 0 Å². The molecule has 0 aliphatic heterocycles. The van der Waals surface area contributed by atoms with Crippen LogP contribution in [0, 0.1) is 0 Å². The van der Waals surface area contributed by atoms with Gasteiger partial charge in [0, 0.05) is 12.5 Å². The van der Waals surface area contributed by atoms with Gasteiger partial charge in [0.15, 0.2) is 0 Å². The molecule has 0 aromatic carbocycles. The van der Waals surface area contributed by atoms with Gasteiger partial charge in [0.05, 0.1) is 7.11 Å². The van der Waals surface area contributed by atoms with Gasteiger partial charge in [0.1, 0.15) is 10.4 Å². The van der Waals surface area contributed by atoms with Crippen LogP contribution in [-0.4, -0.2) is 17.1 Å². The molecular formula is C7H9BrN2O. The molecule has 1 aromatic heterocycles. The molecule has 0 amide bonds. The second-order valence-corrected chi connectivity index (χ2v) is 2.82. The summed E-state index contributed by atoms with van der Waals surface area (Å²) in [6.45, 7) is 2.00. The average Bonchev–Trinajstić information content (AvgIpc) is 2.03. The van der Waals surface area contributed by atoms with E-state index in [0.29, 0.717) is 5.88 Å². The fraction of sp³-hybridized carbons (Fsp3) is 0.429. The van der Waals surface area contributed by atoms with E-state index in [0.717, 1.165) is 16.8 Å². The molecule has 0 fully saturated rings. The molecule has 0 N–H and O–H groups in total. The fourth-order valence-electron chi connectivity index (χ4n) is 0.705. The van der Waals surface area contributed by atoms with Gasteiger partial charge in [-0.25, -0.2) is 4.98 Å². The van der Waals surface area contributed by atoms with Gasteiger partial charge in [-0.15, -0.1) is 0 Å². The lowest BCUT2D eigenvalue weighted by molar-refractivity contribution is 0.394. The van der Waals surface area contributed by atoms with Gasteiger partial charge in [-0.2, -0.15) is 4.98 Å². The van der Waals surface area contributed by atoms with E-state index < -0.39 is 0 Å². The summed E-state index contributed by atoms with van der Waals surface area (Å²) in [6.07, 6.45) is 0.815. The predicted octanol–water partition coefficient (Wildman–Crippen LogP) is 1.81. The van der Waals surface area contributed by atoms with Crippen LogP contribution in [0.2, 0.25) is 0 Å². The molecule has 0 unspecified atom stereocenters. The molecule has 4 heteroatoms. The van der Waals surface area contributed by atoms with E-state index >= 15 is 0 Å². The molecule has 0 saturated heterocycles. The zero-order valence-corrected chi connectivity index (χ0v) is 8.05. The monoisotopic (exact) mass is 216 g/mol. The van der Waals surface area contributed by atoms with E-state index in [2.05, 4.69) is 25.9 Å². The summed E-state index contributed by atoms with van der Waals surface area (Å²) in [5, 5.41) is 0. The Labute approximate surface area is 73.9 Å². The number of ether oxygens (including phenoxy) is 1. The first-order valence-corrected chi connectivity index (χ1v) is 4.13.